The van der Waals surface area contributed by atoms with Crippen LogP contribution in [0.3, 0.4) is 0 Å². The highest BCUT2D eigenvalue weighted by atomic mass is 35.5. The number of halogens is 3. The highest BCUT2D eigenvalue weighted by Crippen LogP contribution is 2.37. The molecule has 3 N–H and O–H groups in total. The Kier molecular flexibility index (Phi) is 9.80. The maximum atomic E-state index is 11.7. The average molecular weight is 634 g/mol. The third kappa shape index (κ3) is 7.30. The number of nitrogens with zero attached hydrogens (tertiary/aromatic N) is 5. The van der Waals surface area contributed by atoms with Gasteiger partial charge in [0.1, 0.15) is 10.8 Å². The first-order chi connectivity index (χ1) is 20.2. The number of carbonyl (C=O) groups excluding carboxylic acids is 1. The van der Waals surface area contributed by atoms with Crippen molar-refractivity contribution < 1.29 is 9.53 Å². The minimum absolute atomic E-state index is 0.262. The number of nitrogens with one attached hydrogen (secondary N) is 3. The molecule has 5 rings (SSSR count). The number of amides is 1. The van der Waals surface area contributed by atoms with Gasteiger partial charge in [0.05, 0.1) is 40.4 Å². The molecule has 224 valence electrons. The number of piperidine rings is 1. The van der Waals surface area contributed by atoms with Crippen LogP contribution in [-0.4, -0.2) is 85.1 Å². The van der Waals surface area contributed by atoms with Gasteiger partial charge in [-0.15, -0.1) is 0 Å². The van der Waals surface area contributed by atoms with Gasteiger partial charge >= 0.3 is 0 Å². The van der Waals surface area contributed by atoms with Crippen LogP contribution in [0.25, 0.3) is 0 Å². The maximum Gasteiger partial charge on any atom is 0.229 e. The molecule has 1 amide bonds. The van der Waals surface area contributed by atoms with E-state index in [1.165, 1.54) is 13.1 Å². The summed E-state index contributed by atoms with van der Waals surface area (Å²) in [5.74, 6) is 1.04. The van der Waals surface area contributed by atoms with E-state index >= 15 is 0 Å². The fraction of sp³-hybridized carbons (Fsp3) is 0.414. The molecule has 0 bridgehead atoms. The molecule has 10 nitrogen and oxygen atoms in total. The molecule has 0 unspecified atom stereocenters. The molecular formula is C29H35Cl3N8O2. The van der Waals surface area contributed by atoms with Crippen molar-refractivity contribution in [2.75, 3.05) is 74.3 Å². The van der Waals surface area contributed by atoms with E-state index in [0.717, 1.165) is 63.5 Å². The molecule has 0 aliphatic carbocycles. The number of piperazine rings is 1. The topological polar surface area (TPSA) is 97.9 Å². The van der Waals surface area contributed by atoms with Gasteiger partial charge in [0, 0.05) is 64.0 Å². The largest absolute Gasteiger partial charge is 0.494 e. The van der Waals surface area contributed by atoms with Gasteiger partial charge < -0.3 is 30.5 Å². The fourth-order valence-electron chi connectivity index (χ4n) is 5.36. The first kappa shape index (κ1) is 30.4. The Morgan fingerprint density at radius 3 is 2.26 bits per heavy atom. The van der Waals surface area contributed by atoms with E-state index in [0.29, 0.717) is 45.0 Å². The number of carbonyl (C=O) groups is 1. The molecule has 42 heavy (non-hydrogen) atoms. The van der Waals surface area contributed by atoms with E-state index in [1.54, 1.807) is 19.2 Å². The van der Waals surface area contributed by atoms with Gasteiger partial charge in [-0.25, -0.2) is 4.98 Å². The highest BCUT2D eigenvalue weighted by molar-refractivity contribution is 6.42. The van der Waals surface area contributed by atoms with Gasteiger partial charge in [0.2, 0.25) is 11.9 Å². The molecular weight excluding hydrogens is 599 g/mol. The first-order valence-electron chi connectivity index (χ1n) is 13.9. The number of rotatable bonds is 8. The molecule has 3 aromatic rings. The van der Waals surface area contributed by atoms with Crippen molar-refractivity contribution in [3.05, 3.63) is 51.6 Å². The number of aromatic nitrogens is 2. The third-order valence-electron chi connectivity index (χ3n) is 7.68. The summed E-state index contributed by atoms with van der Waals surface area (Å²) < 4.78 is 5.74. The maximum absolute atomic E-state index is 11.7. The zero-order valence-corrected chi connectivity index (χ0v) is 26.2. The Morgan fingerprint density at radius 1 is 0.905 bits per heavy atom. The average Bonchev–Trinajstić information content (AvgIpc) is 2.98. The van der Waals surface area contributed by atoms with Crippen molar-refractivity contribution in [1.29, 1.82) is 0 Å². The normalized spacial score (nSPS) is 16.8. The molecule has 2 aromatic carbocycles. The zero-order chi connectivity index (χ0) is 29.8. The van der Waals surface area contributed by atoms with E-state index in [4.69, 9.17) is 39.5 Å². The number of hydrogen-bond donors (Lipinski definition) is 3. The summed E-state index contributed by atoms with van der Waals surface area (Å²) in [4.78, 5) is 28.1. The summed E-state index contributed by atoms with van der Waals surface area (Å²) in [6.07, 6.45) is 3.80. The summed E-state index contributed by atoms with van der Waals surface area (Å²) in [7, 11) is 3.84. The number of likely N-dealkylation sites (N-methyl/N-ethyl adjacent to an activating group) is 1. The number of anilines is 6. The minimum Gasteiger partial charge on any atom is -0.494 e. The zero-order valence-electron chi connectivity index (χ0n) is 23.9. The van der Waals surface area contributed by atoms with E-state index < -0.39 is 0 Å². The smallest absolute Gasteiger partial charge is 0.229 e. The van der Waals surface area contributed by atoms with Crippen LogP contribution < -0.4 is 25.6 Å². The fourth-order valence-corrected chi connectivity index (χ4v) is 5.83. The lowest BCUT2D eigenvalue weighted by atomic mass is 10.0. The highest BCUT2D eigenvalue weighted by Gasteiger charge is 2.27. The Balaban J connectivity index is 1.28. The Morgan fingerprint density at radius 2 is 1.60 bits per heavy atom. The Hall–Kier alpha value is -3.02. The SMILES string of the molecule is COc1cc(N2CCC(N3CCN(C)CC3)CC2)ccc1Nc1ncc(Cl)c(Nc2cc(Cl)c(Cl)cc2NC(C)=O)n1. The van der Waals surface area contributed by atoms with Crippen molar-refractivity contribution in [1.82, 2.24) is 19.8 Å². The van der Waals surface area contributed by atoms with Crippen LogP contribution in [0.15, 0.2) is 36.5 Å². The first-order valence-corrected chi connectivity index (χ1v) is 15.0. The van der Waals surface area contributed by atoms with Crippen LogP contribution in [0.1, 0.15) is 19.8 Å². The molecule has 2 aliphatic rings. The number of benzene rings is 2. The van der Waals surface area contributed by atoms with E-state index in [-0.39, 0.29) is 10.9 Å². The van der Waals surface area contributed by atoms with Crippen LogP contribution in [0.2, 0.25) is 15.1 Å². The van der Waals surface area contributed by atoms with Crippen LogP contribution >= 0.6 is 34.8 Å². The summed E-state index contributed by atoms with van der Waals surface area (Å²) in [5, 5.41) is 9.99. The van der Waals surface area contributed by atoms with Gasteiger partial charge in [0.15, 0.2) is 5.82 Å². The number of ether oxygens (including phenoxy) is 1. The van der Waals surface area contributed by atoms with Crippen LogP contribution in [0.5, 0.6) is 5.75 Å². The monoisotopic (exact) mass is 632 g/mol. The van der Waals surface area contributed by atoms with Crippen LogP contribution in [0.4, 0.5) is 34.5 Å². The predicted octanol–water partition coefficient (Wildman–Crippen LogP) is 6.11. The molecule has 1 aromatic heterocycles. The van der Waals surface area contributed by atoms with Crippen molar-refractivity contribution in [2.24, 2.45) is 0 Å². The quantitative estimate of drug-likeness (QED) is 0.272. The molecule has 13 heteroatoms. The number of hydrogen-bond acceptors (Lipinski definition) is 9. The third-order valence-corrected chi connectivity index (χ3v) is 8.68. The van der Waals surface area contributed by atoms with E-state index in [2.05, 4.69) is 53.7 Å². The van der Waals surface area contributed by atoms with Gasteiger partial charge in [-0.1, -0.05) is 34.8 Å². The molecule has 0 saturated carbocycles. The molecule has 2 fully saturated rings. The summed E-state index contributed by atoms with van der Waals surface area (Å²) in [5.41, 5.74) is 2.75. The second-order valence-electron chi connectivity index (χ2n) is 10.6. The lowest BCUT2D eigenvalue weighted by Crippen LogP contribution is -2.52. The number of methoxy groups -OCH3 is 1. The second-order valence-corrected chi connectivity index (χ2v) is 11.8. The van der Waals surface area contributed by atoms with Gasteiger partial charge in [-0.05, 0) is 44.2 Å². The molecule has 0 spiro atoms. The Labute approximate surface area is 261 Å². The van der Waals surface area contributed by atoms with Crippen LogP contribution in [-0.2, 0) is 4.79 Å². The van der Waals surface area contributed by atoms with Crippen molar-refractivity contribution >= 4 is 75.2 Å². The van der Waals surface area contributed by atoms with Crippen molar-refractivity contribution in [3.63, 3.8) is 0 Å². The van der Waals surface area contributed by atoms with Crippen LogP contribution in [0, 0.1) is 0 Å². The summed E-state index contributed by atoms with van der Waals surface area (Å²) in [6.45, 7) is 8.03. The van der Waals surface area contributed by atoms with Crippen molar-refractivity contribution in [3.8, 4) is 5.75 Å². The Bertz CT molecular complexity index is 1430. The van der Waals surface area contributed by atoms with Crippen molar-refractivity contribution in [2.45, 2.75) is 25.8 Å². The van der Waals surface area contributed by atoms with E-state index in [9.17, 15) is 4.79 Å². The lowest BCUT2D eigenvalue weighted by molar-refractivity contribution is -0.114. The summed E-state index contributed by atoms with van der Waals surface area (Å²) in [6, 6.07) is 9.91. The van der Waals surface area contributed by atoms with E-state index in [1.807, 2.05) is 12.1 Å². The minimum atomic E-state index is -0.262. The molecule has 3 heterocycles. The standard InChI is InChI=1S/C29H35Cl3N8O2/c1-18(41)34-25-15-21(30)22(31)16-26(25)35-28-23(32)17-33-29(37-28)36-24-5-4-20(14-27(24)42-3)39-8-6-19(7-9-39)40-12-10-38(2)11-13-40/h4-5,14-17,19H,6-13H2,1-3H3,(H,34,41)(H2,33,35,36,37). The van der Waals surface area contributed by atoms with Gasteiger partial charge in [0.25, 0.3) is 0 Å². The van der Waals surface area contributed by atoms with Gasteiger partial charge in [-0.2, -0.15) is 4.98 Å². The molecule has 0 atom stereocenters. The second kappa shape index (κ2) is 13.5. The molecule has 2 saturated heterocycles. The molecule has 2 aliphatic heterocycles. The lowest BCUT2D eigenvalue weighted by Gasteiger charge is -2.42. The predicted molar refractivity (Wildman–Crippen MR) is 172 cm³/mol. The summed E-state index contributed by atoms with van der Waals surface area (Å²) >= 11 is 18.8. The van der Waals surface area contributed by atoms with Gasteiger partial charge in [-0.3, -0.25) is 9.69 Å². The molecule has 0 radical (unpaired) electrons.